The molecule has 1 N–H and O–H groups in total. The largest absolute Gasteiger partial charge is 0.359 e. The van der Waals surface area contributed by atoms with E-state index in [4.69, 9.17) is 0 Å². The van der Waals surface area contributed by atoms with Crippen molar-refractivity contribution in [1.82, 2.24) is 5.32 Å². The first-order valence-electron chi connectivity index (χ1n) is 7.02. The number of hydrogen-bond donors (Lipinski definition) is 1. The van der Waals surface area contributed by atoms with Gasteiger partial charge in [0.1, 0.15) is 0 Å². The number of hydrogen-bond acceptors (Lipinski definition) is 3. The third-order valence-corrected chi connectivity index (χ3v) is 3.40. The van der Waals surface area contributed by atoms with Crippen LogP contribution in [-0.4, -0.2) is 24.5 Å². The third kappa shape index (κ3) is 2.96. The molecular formula is C18H17NO3. The molecule has 22 heavy (non-hydrogen) atoms. The van der Waals surface area contributed by atoms with Gasteiger partial charge in [0.05, 0.1) is 0 Å². The van der Waals surface area contributed by atoms with E-state index in [0.717, 1.165) is 0 Å². The van der Waals surface area contributed by atoms with Gasteiger partial charge in [-0.1, -0.05) is 48.6 Å². The molecule has 0 fully saturated rings. The number of allylic oxidation sites excluding steroid dienone is 5. The van der Waals surface area contributed by atoms with Crippen molar-refractivity contribution in [2.75, 3.05) is 7.05 Å². The van der Waals surface area contributed by atoms with Crippen molar-refractivity contribution in [3.63, 3.8) is 0 Å². The summed E-state index contributed by atoms with van der Waals surface area (Å²) in [5.74, 6) is -0.524. The Balaban J connectivity index is 2.47. The minimum absolute atomic E-state index is 0.153. The van der Waals surface area contributed by atoms with Crippen molar-refractivity contribution in [3.8, 4) is 0 Å². The Labute approximate surface area is 129 Å². The molecule has 112 valence electrons. The van der Waals surface area contributed by atoms with Crippen LogP contribution in [0, 0.1) is 0 Å². The Hall–Kier alpha value is -2.75. The van der Waals surface area contributed by atoms with Gasteiger partial charge in [-0.3, -0.25) is 14.4 Å². The zero-order chi connectivity index (χ0) is 16.1. The van der Waals surface area contributed by atoms with E-state index < -0.39 is 0 Å². The molecule has 4 heteroatoms. The number of ketones is 2. The van der Waals surface area contributed by atoms with Crippen molar-refractivity contribution in [3.05, 3.63) is 70.8 Å². The average Bonchev–Trinajstić information content (AvgIpc) is 2.54. The van der Waals surface area contributed by atoms with Gasteiger partial charge in [-0.15, -0.1) is 0 Å². The summed E-state index contributed by atoms with van der Waals surface area (Å²) in [6.45, 7) is 1.79. The first kappa shape index (κ1) is 15.6. The molecule has 1 aliphatic carbocycles. The lowest BCUT2D eigenvalue weighted by molar-refractivity contribution is -0.119. The quantitative estimate of drug-likeness (QED) is 0.928. The highest BCUT2D eigenvalue weighted by atomic mass is 16.1. The highest BCUT2D eigenvalue weighted by Crippen LogP contribution is 2.27. The number of fused-ring (bicyclic) bond motifs is 1. The van der Waals surface area contributed by atoms with Gasteiger partial charge in [-0.2, -0.15) is 0 Å². The summed E-state index contributed by atoms with van der Waals surface area (Å²) in [7, 11) is 1.55. The maximum atomic E-state index is 12.6. The molecule has 0 heterocycles. The Bertz CT molecular complexity index is 724. The van der Waals surface area contributed by atoms with E-state index in [2.05, 4.69) is 5.32 Å². The van der Waals surface area contributed by atoms with Gasteiger partial charge < -0.3 is 5.32 Å². The van der Waals surface area contributed by atoms with Crippen LogP contribution in [0.2, 0.25) is 0 Å². The van der Waals surface area contributed by atoms with E-state index in [1.807, 2.05) is 0 Å². The topological polar surface area (TPSA) is 63.2 Å². The highest BCUT2D eigenvalue weighted by molar-refractivity contribution is 6.28. The molecule has 1 aromatic rings. The second-order valence-electron chi connectivity index (χ2n) is 4.81. The molecule has 0 saturated heterocycles. The van der Waals surface area contributed by atoms with Crippen LogP contribution in [0.25, 0.3) is 0 Å². The number of nitrogens with one attached hydrogen (secondary N) is 1. The van der Waals surface area contributed by atoms with Crippen LogP contribution in [-0.2, 0) is 4.79 Å². The second-order valence-corrected chi connectivity index (χ2v) is 4.81. The molecule has 0 bridgehead atoms. The van der Waals surface area contributed by atoms with Gasteiger partial charge in [0.15, 0.2) is 11.6 Å². The lowest BCUT2D eigenvalue weighted by atomic mass is 9.83. The van der Waals surface area contributed by atoms with E-state index in [0.29, 0.717) is 22.3 Å². The van der Waals surface area contributed by atoms with Crippen molar-refractivity contribution in [2.24, 2.45) is 0 Å². The minimum Gasteiger partial charge on any atom is -0.359 e. The first-order chi connectivity index (χ1) is 10.6. The fourth-order valence-corrected chi connectivity index (χ4v) is 2.30. The maximum Gasteiger partial charge on any atom is 0.223 e. The van der Waals surface area contributed by atoms with Gasteiger partial charge in [0.25, 0.3) is 0 Å². The Kier molecular flexibility index (Phi) is 4.84. The zero-order valence-corrected chi connectivity index (χ0v) is 12.6. The molecule has 1 amide bonds. The third-order valence-electron chi connectivity index (χ3n) is 3.40. The molecule has 0 spiro atoms. The lowest BCUT2D eigenvalue weighted by Gasteiger charge is -2.17. The molecule has 1 aliphatic rings. The van der Waals surface area contributed by atoms with Crippen LogP contribution >= 0.6 is 0 Å². The Morgan fingerprint density at radius 2 is 1.59 bits per heavy atom. The van der Waals surface area contributed by atoms with Crippen molar-refractivity contribution < 1.29 is 14.4 Å². The maximum absolute atomic E-state index is 12.6. The van der Waals surface area contributed by atoms with Crippen LogP contribution in [0.3, 0.4) is 0 Å². The summed E-state index contributed by atoms with van der Waals surface area (Å²) in [5, 5.41) is 2.50. The van der Waals surface area contributed by atoms with E-state index in [1.54, 1.807) is 62.5 Å². The summed E-state index contributed by atoms with van der Waals surface area (Å²) in [4.78, 5) is 36.4. The number of carbonyl (C=O) groups excluding carboxylic acids is 3. The van der Waals surface area contributed by atoms with E-state index in [9.17, 15) is 14.4 Å². The fraction of sp³-hybridized carbons (Fsp3) is 0.167. The minimum atomic E-state index is -0.198. The van der Waals surface area contributed by atoms with Gasteiger partial charge in [-0.25, -0.2) is 0 Å². The Morgan fingerprint density at radius 3 is 2.09 bits per heavy atom. The summed E-state index contributed by atoms with van der Waals surface area (Å²) in [6.07, 6.45) is 6.67. The molecular weight excluding hydrogens is 278 g/mol. The normalized spacial score (nSPS) is 14.8. The molecule has 2 rings (SSSR count). The van der Waals surface area contributed by atoms with E-state index in [-0.39, 0.29) is 23.9 Å². The zero-order valence-electron chi connectivity index (χ0n) is 12.6. The predicted molar refractivity (Wildman–Crippen MR) is 84.8 cm³/mol. The second kappa shape index (κ2) is 6.80. The summed E-state index contributed by atoms with van der Waals surface area (Å²) < 4.78 is 0. The average molecular weight is 295 g/mol. The molecule has 0 radical (unpaired) electrons. The van der Waals surface area contributed by atoms with Crippen molar-refractivity contribution in [2.45, 2.75) is 13.3 Å². The standard InChI is InChI=1S/C18H17NO3/c1-3-7-12-15(10-6-11-16(20)19-2)18(22)14-9-5-4-8-13(14)17(12)21/h3-10H,11H2,1-2H3,(H,19,20)/b7-3-,10-6-. The van der Waals surface area contributed by atoms with Crippen LogP contribution < -0.4 is 5.32 Å². The van der Waals surface area contributed by atoms with Crippen molar-refractivity contribution in [1.29, 1.82) is 0 Å². The number of carbonyl (C=O) groups is 3. The molecule has 0 unspecified atom stereocenters. The monoisotopic (exact) mass is 295 g/mol. The summed E-state index contributed by atoms with van der Waals surface area (Å²) in [6, 6.07) is 6.78. The SMILES string of the molecule is C/C=C\C1=C(/C=C\CC(=O)NC)C(=O)c2ccccc2C1=O. The number of benzene rings is 1. The molecule has 0 saturated carbocycles. The van der Waals surface area contributed by atoms with Crippen LogP contribution in [0.1, 0.15) is 34.1 Å². The molecule has 4 nitrogen and oxygen atoms in total. The smallest absolute Gasteiger partial charge is 0.223 e. The predicted octanol–water partition coefficient (Wildman–Crippen LogP) is 2.63. The number of Topliss-reactive ketones (excluding diaryl/α,β-unsaturated/α-hetero) is 2. The summed E-state index contributed by atoms with van der Waals surface area (Å²) >= 11 is 0. The van der Waals surface area contributed by atoms with Crippen molar-refractivity contribution >= 4 is 17.5 Å². The molecule has 0 atom stereocenters. The highest BCUT2D eigenvalue weighted by Gasteiger charge is 2.29. The lowest BCUT2D eigenvalue weighted by Crippen LogP contribution is -2.20. The van der Waals surface area contributed by atoms with Crippen LogP contribution in [0.15, 0.2) is 59.7 Å². The number of amides is 1. The van der Waals surface area contributed by atoms with Crippen LogP contribution in [0.4, 0.5) is 0 Å². The van der Waals surface area contributed by atoms with E-state index in [1.165, 1.54) is 0 Å². The van der Waals surface area contributed by atoms with Gasteiger partial charge in [0.2, 0.25) is 5.91 Å². The fourth-order valence-electron chi connectivity index (χ4n) is 2.30. The summed E-state index contributed by atoms with van der Waals surface area (Å²) in [5.41, 5.74) is 1.51. The first-order valence-corrected chi connectivity index (χ1v) is 7.02. The Morgan fingerprint density at radius 1 is 1.05 bits per heavy atom. The van der Waals surface area contributed by atoms with Gasteiger partial charge in [0, 0.05) is 35.7 Å². The molecule has 0 aliphatic heterocycles. The molecule has 1 aromatic carbocycles. The van der Waals surface area contributed by atoms with Gasteiger partial charge in [-0.05, 0) is 6.92 Å². The van der Waals surface area contributed by atoms with Gasteiger partial charge >= 0.3 is 0 Å². The molecule has 0 aromatic heterocycles. The van der Waals surface area contributed by atoms with E-state index >= 15 is 0 Å². The number of rotatable bonds is 4. The van der Waals surface area contributed by atoms with Crippen LogP contribution in [0.5, 0.6) is 0 Å².